The maximum absolute atomic E-state index is 12.5. The summed E-state index contributed by atoms with van der Waals surface area (Å²) >= 11 is 1.22. The molecule has 0 N–H and O–H groups in total. The Morgan fingerprint density at radius 3 is 2.59 bits per heavy atom. The fourth-order valence-corrected chi connectivity index (χ4v) is 3.33. The van der Waals surface area contributed by atoms with Crippen LogP contribution in [-0.2, 0) is 0 Å². The summed E-state index contributed by atoms with van der Waals surface area (Å²) in [5.41, 5.74) is 3.48. The lowest BCUT2D eigenvalue weighted by molar-refractivity contribution is 0.102. The Morgan fingerprint density at radius 1 is 1.07 bits per heavy atom. The van der Waals surface area contributed by atoms with Crippen LogP contribution in [-0.4, -0.2) is 36.0 Å². The second kappa shape index (κ2) is 8.26. The zero-order valence-electron chi connectivity index (χ0n) is 15.6. The molecule has 1 heterocycles. The van der Waals surface area contributed by atoms with Crippen LogP contribution in [0.2, 0.25) is 0 Å². The third-order valence-electron chi connectivity index (χ3n) is 4.05. The molecule has 0 fully saturated rings. The molecule has 0 saturated heterocycles. The van der Waals surface area contributed by atoms with Crippen molar-refractivity contribution in [2.75, 3.05) is 20.0 Å². The minimum atomic E-state index is 0.0271. The minimum absolute atomic E-state index is 0.0271. The number of carbonyl (C=O) groups excluding carboxylic acids is 1. The highest BCUT2D eigenvalue weighted by Gasteiger charge is 2.16. The molecule has 0 spiro atoms. The van der Waals surface area contributed by atoms with Gasteiger partial charge in [-0.15, -0.1) is 10.2 Å². The van der Waals surface area contributed by atoms with Gasteiger partial charge in [0, 0.05) is 11.6 Å². The van der Waals surface area contributed by atoms with Gasteiger partial charge < -0.3 is 13.9 Å². The van der Waals surface area contributed by atoms with Gasteiger partial charge in [-0.2, -0.15) is 0 Å². The van der Waals surface area contributed by atoms with Gasteiger partial charge in [0.05, 0.1) is 25.5 Å². The molecule has 7 heteroatoms. The maximum atomic E-state index is 12.5. The number of aryl methyl sites for hydroxylation is 2. The van der Waals surface area contributed by atoms with E-state index in [1.807, 2.05) is 32.0 Å². The van der Waals surface area contributed by atoms with Crippen molar-refractivity contribution >= 4 is 17.5 Å². The second-order valence-corrected chi connectivity index (χ2v) is 6.90. The van der Waals surface area contributed by atoms with Crippen LogP contribution in [0.1, 0.15) is 21.5 Å². The first-order valence-electron chi connectivity index (χ1n) is 8.31. The van der Waals surface area contributed by atoms with Crippen molar-refractivity contribution in [2.45, 2.75) is 19.1 Å². The quantitative estimate of drug-likeness (QED) is 0.443. The second-order valence-electron chi connectivity index (χ2n) is 5.97. The van der Waals surface area contributed by atoms with Crippen LogP contribution in [0.25, 0.3) is 11.5 Å². The number of Topliss-reactive ketones (excluding diaryl/α,β-unsaturated/α-hetero) is 1. The minimum Gasteiger partial charge on any atom is -0.497 e. The Balaban J connectivity index is 1.72. The molecule has 27 heavy (non-hydrogen) atoms. The highest BCUT2D eigenvalue weighted by molar-refractivity contribution is 7.99. The van der Waals surface area contributed by atoms with Crippen LogP contribution in [0.5, 0.6) is 11.5 Å². The van der Waals surface area contributed by atoms with E-state index in [-0.39, 0.29) is 11.5 Å². The first kappa shape index (κ1) is 19.0. The molecule has 0 bridgehead atoms. The van der Waals surface area contributed by atoms with E-state index in [1.54, 1.807) is 32.4 Å². The topological polar surface area (TPSA) is 74.5 Å². The van der Waals surface area contributed by atoms with Crippen molar-refractivity contribution in [3.8, 4) is 23.0 Å². The van der Waals surface area contributed by atoms with Gasteiger partial charge in [0.25, 0.3) is 11.1 Å². The molecule has 2 aromatic carbocycles. The van der Waals surface area contributed by atoms with Crippen molar-refractivity contribution in [2.24, 2.45) is 0 Å². The van der Waals surface area contributed by atoms with Crippen molar-refractivity contribution in [3.05, 3.63) is 53.1 Å². The van der Waals surface area contributed by atoms with E-state index < -0.39 is 0 Å². The molecule has 0 amide bonds. The fraction of sp³-hybridized carbons (Fsp3) is 0.250. The van der Waals surface area contributed by atoms with E-state index in [4.69, 9.17) is 13.9 Å². The van der Waals surface area contributed by atoms with E-state index in [1.165, 1.54) is 11.8 Å². The Kier molecular flexibility index (Phi) is 5.81. The van der Waals surface area contributed by atoms with Crippen LogP contribution in [0, 0.1) is 13.8 Å². The molecule has 3 rings (SSSR count). The fourth-order valence-electron chi connectivity index (χ4n) is 2.68. The zero-order valence-corrected chi connectivity index (χ0v) is 16.4. The average Bonchev–Trinajstić information content (AvgIpc) is 3.14. The van der Waals surface area contributed by atoms with Crippen LogP contribution in [0.3, 0.4) is 0 Å². The number of benzene rings is 2. The van der Waals surface area contributed by atoms with Crippen LogP contribution >= 0.6 is 11.8 Å². The lowest BCUT2D eigenvalue weighted by atomic mass is 10.0. The Hall–Kier alpha value is -2.80. The Morgan fingerprint density at radius 2 is 1.89 bits per heavy atom. The summed E-state index contributed by atoms with van der Waals surface area (Å²) in [6, 6.07) is 11.1. The number of thioether (sulfide) groups is 1. The molecule has 140 valence electrons. The summed E-state index contributed by atoms with van der Waals surface area (Å²) in [5, 5.41) is 8.42. The number of ketones is 1. The smallest absolute Gasteiger partial charge is 0.277 e. The predicted octanol–water partition coefficient (Wildman–Crippen LogP) is 4.35. The van der Waals surface area contributed by atoms with Crippen molar-refractivity contribution in [1.29, 1.82) is 0 Å². The first-order chi connectivity index (χ1) is 13.0. The molecule has 3 aromatic rings. The first-order valence-corrected chi connectivity index (χ1v) is 9.29. The zero-order chi connectivity index (χ0) is 19.4. The van der Waals surface area contributed by atoms with Gasteiger partial charge in [-0.05, 0) is 31.5 Å². The van der Waals surface area contributed by atoms with Gasteiger partial charge in [-0.25, -0.2) is 0 Å². The molecule has 0 radical (unpaired) electrons. The highest BCUT2D eigenvalue weighted by atomic mass is 32.2. The normalized spacial score (nSPS) is 10.7. The van der Waals surface area contributed by atoms with Gasteiger partial charge in [0.2, 0.25) is 0 Å². The van der Waals surface area contributed by atoms with Crippen molar-refractivity contribution < 1.29 is 18.7 Å². The number of methoxy groups -OCH3 is 2. The van der Waals surface area contributed by atoms with Gasteiger partial charge in [-0.1, -0.05) is 35.5 Å². The van der Waals surface area contributed by atoms with Gasteiger partial charge in [0.15, 0.2) is 5.78 Å². The maximum Gasteiger partial charge on any atom is 0.277 e. The van der Waals surface area contributed by atoms with Crippen molar-refractivity contribution in [1.82, 2.24) is 10.2 Å². The third kappa shape index (κ3) is 4.31. The van der Waals surface area contributed by atoms with Crippen LogP contribution in [0.4, 0.5) is 0 Å². The molecule has 0 aliphatic rings. The average molecular weight is 384 g/mol. The van der Waals surface area contributed by atoms with E-state index in [0.29, 0.717) is 33.7 Å². The lowest BCUT2D eigenvalue weighted by Gasteiger charge is -2.07. The number of rotatable bonds is 7. The monoisotopic (exact) mass is 384 g/mol. The Bertz CT molecular complexity index is 968. The molecular weight excluding hydrogens is 364 g/mol. The third-order valence-corrected chi connectivity index (χ3v) is 4.87. The van der Waals surface area contributed by atoms with Gasteiger partial charge in [0.1, 0.15) is 11.5 Å². The number of nitrogens with zero attached hydrogens (tertiary/aromatic N) is 2. The summed E-state index contributed by atoms with van der Waals surface area (Å²) in [5.74, 6) is 1.82. The summed E-state index contributed by atoms with van der Waals surface area (Å²) in [6.07, 6.45) is 0. The standard InChI is InChI=1S/C20H20N2O4S/c1-12-5-7-15(13(2)9-12)17(23)11-27-20-22-21-19(26-20)16-8-6-14(24-3)10-18(16)25-4/h5-10H,11H2,1-4H3. The molecule has 0 atom stereocenters. The number of carbonyl (C=O) groups is 1. The summed E-state index contributed by atoms with van der Waals surface area (Å²) < 4.78 is 16.2. The van der Waals surface area contributed by atoms with Gasteiger partial charge >= 0.3 is 0 Å². The summed E-state index contributed by atoms with van der Waals surface area (Å²) in [7, 11) is 3.15. The number of aromatic nitrogens is 2. The largest absolute Gasteiger partial charge is 0.497 e. The molecule has 6 nitrogen and oxygen atoms in total. The van der Waals surface area contributed by atoms with Gasteiger partial charge in [-0.3, -0.25) is 4.79 Å². The highest BCUT2D eigenvalue weighted by Crippen LogP contribution is 2.33. The van der Waals surface area contributed by atoms with E-state index in [2.05, 4.69) is 10.2 Å². The molecule has 0 saturated carbocycles. The summed E-state index contributed by atoms with van der Waals surface area (Å²) in [4.78, 5) is 12.5. The molecule has 0 aliphatic heterocycles. The van der Waals surface area contributed by atoms with Crippen molar-refractivity contribution in [3.63, 3.8) is 0 Å². The SMILES string of the molecule is COc1ccc(-c2nnc(SCC(=O)c3ccc(C)cc3C)o2)c(OC)c1. The summed E-state index contributed by atoms with van der Waals surface area (Å²) in [6.45, 7) is 3.94. The molecule has 0 aliphatic carbocycles. The number of ether oxygens (including phenoxy) is 2. The molecular formula is C20H20N2O4S. The number of hydrogen-bond acceptors (Lipinski definition) is 7. The van der Waals surface area contributed by atoms with Crippen LogP contribution < -0.4 is 9.47 Å². The Labute approximate surface area is 161 Å². The number of hydrogen-bond donors (Lipinski definition) is 0. The van der Waals surface area contributed by atoms with Crippen LogP contribution in [0.15, 0.2) is 46.0 Å². The molecule has 0 unspecified atom stereocenters. The van der Waals surface area contributed by atoms with E-state index in [9.17, 15) is 4.79 Å². The molecule has 1 aromatic heterocycles. The van der Waals surface area contributed by atoms with E-state index >= 15 is 0 Å². The predicted molar refractivity (Wildman–Crippen MR) is 104 cm³/mol. The van der Waals surface area contributed by atoms with E-state index in [0.717, 1.165) is 11.1 Å². The lowest BCUT2D eigenvalue weighted by Crippen LogP contribution is -2.04.